The molecule has 1 saturated heterocycles. The number of rotatable bonds is 4. The van der Waals surface area contributed by atoms with Gasteiger partial charge in [0.2, 0.25) is 5.91 Å². The zero-order valence-electron chi connectivity index (χ0n) is 15.3. The van der Waals surface area contributed by atoms with Gasteiger partial charge in [0.15, 0.2) is 0 Å². The summed E-state index contributed by atoms with van der Waals surface area (Å²) in [6.07, 6.45) is 10.7. The van der Waals surface area contributed by atoms with Gasteiger partial charge >= 0.3 is 0 Å². The summed E-state index contributed by atoms with van der Waals surface area (Å²) in [5.74, 6) is 0.839. The molecule has 1 aliphatic carbocycles. The standard InChI is InChI=1S/C22H24Cl2N2O/c23-20-9-8-18(16-5-2-10-25-14-16)22(24)19(20)13-15-4-1-6-17(12-15)26-11-3-7-21(26)27/h2,5,8-10,14-15,17H,1,3-4,6-7,11-13H2. The summed E-state index contributed by atoms with van der Waals surface area (Å²) < 4.78 is 0. The van der Waals surface area contributed by atoms with E-state index in [1.807, 2.05) is 30.5 Å². The van der Waals surface area contributed by atoms with E-state index in [9.17, 15) is 4.79 Å². The SMILES string of the molecule is O=C1CCCN1C1CCCC(Cc2c(Cl)ccc(-c3cccnc3)c2Cl)C1. The first kappa shape index (κ1) is 18.8. The van der Waals surface area contributed by atoms with Crippen LogP contribution in [0, 0.1) is 5.92 Å². The van der Waals surface area contributed by atoms with E-state index in [-0.39, 0.29) is 0 Å². The van der Waals surface area contributed by atoms with Crippen molar-refractivity contribution in [2.24, 2.45) is 5.92 Å². The highest BCUT2D eigenvalue weighted by Gasteiger charge is 2.32. The largest absolute Gasteiger partial charge is 0.340 e. The van der Waals surface area contributed by atoms with Crippen LogP contribution in [-0.2, 0) is 11.2 Å². The van der Waals surface area contributed by atoms with Gasteiger partial charge in [0.05, 0.1) is 5.02 Å². The predicted molar refractivity (Wildman–Crippen MR) is 110 cm³/mol. The lowest BCUT2D eigenvalue weighted by Crippen LogP contribution is -2.39. The van der Waals surface area contributed by atoms with Crippen LogP contribution in [0.1, 0.15) is 44.1 Å². The van der Waals surface area contributed by atoms with Crippen molar-refractivity contribution in [3.8, 4) is 11.1 Å². The lowest BCUT2D eigenvalue weighted by atomic mass is 9.81. The summed E-state index contributed by atoms with van der Waals surface area (Å²) >= 11 is 13.3. The summed E-state index contributed by atoms with van der Waals surface area (Å²) in [6.45, 7) is 0.925. The molecule has 1 aromatic carbocycles. The van der Waals surface area contributed by atoms with E-state index in [4.69, 9.17) is 23.2 Å². The molecule has 2 heterocycles. The van der Waals surface area contributed by atoms with E-state index in [2.05, 4.69) is 9.88 Å². The smallest absolute Gasteiger partial charge is 0.222 e. The number of benzene rings is 1. The van der Waals surface area contributed by atoms with Crippen molar-refractivity contribution in [2.45, 2.75) is 51.0 Å². The molecule has 0 spiro atoms. The van der Waals surface area contributed by atoms with Gasteiger partial charge < -0.3 is 4.90 Å². The van der Waals surface area contributed by atoms with E-state index in [0.717, 1.165) is 65.4 Å². The third kappa shape index (κ3) is 4.00. The van der Waals surface area contributed by atoms with Gasteiger partial charge in [0.1, 0.15) is 0 Å². The van der Waals surface area contributed by atoms with Gasteiger partial charge in [-0.15, -0.1) is 0 Å². The number of amides is 1. The number of carbonyl (C=O) groups excluding carboxylic acids is 1. The minimum absolute atomic E-state index is 0.329. The highest BCUT2D eigenvalue weighted by Crippen LogP contribution is 2.39. The molecule has 142 valence electrons. The number of pyridine rings is 1. The van der Waals surface area contributed by atoms with E-state index >= 15 is 0 Å². The minimum atomic E-state index is 0.329. The molecule has 1 aromatic heterocycles. The minimum Gasteiger partial charge on any atom is -0.340 e. The molecular formula is C22H24Cl2N2O. The van der Waals surface area contributed by atoms with Crippen molar-refractivity contribution in [3.05, 3.63) is 52.3 Å². The molecule has 2 aliphatic rings. The predicted octanol–water partition coefficient (Wildman–Crippen LogP) is 5.78. The third-order valence-corrected chi connectivity index (χ3v) is 6.74. The van der Waals surface area contributed by atoms with Gasteiger partial charge in [-0.2, -0.15) is 0 Å². The molecule has 2 unspecified atom stereocenters. The fourth-order valence-electron chi connectivity index (χ4n) is 4.60. The molecule has 2 fully saturated rings. The molecule has 2 aromatic rings. The van der Waals surface area contributed by atoms with Crippen LogP contribution in [0.5, 0.6) is 0 Å². The van der Waals surface area contributed by atoms with Crippen LogP contribution in [-0.4, -0.2) is 28.4 Å². The monoisotopic (exact) mass is 402 g/mol. The molecule has 0 N–H and O–H groups in total. The van der Waals surface area contributed by atoms with E-state index in [1.165, 1.54) is 6.42 Å². The average Bonchev–Trinajstić information content (AvgIpc) is 3.12. The number of carbonyl (C=O) groups is 1. The Bertz CT molecular complexity index is 825. The fraction of sp³-hybridized carbons (Fsp3) is 0.455. The van der Waals surface area contributed by atoms with Gasteiger partial charge in [-0.1, -0.05) is 41.8 Å². The molecule has 1 amide bonds. The number of hydrogen-bond donors (Lipinski definition) is 0. The van der Waals surface area contributed by atoms with Crippen LogP contribution in [0.25, 0.3) is 11.1 Å². The van der Waals surface area contributed by atoms with E-state index < -0.39 is 0 Å². The summed E-state index contributed by atoms with van der Waals surface area (Å²) in [6, 6.07) is 8.23. The average molecular weight is 403 g/mol. The second kappa shape index (κ2) is 8.20. The normalized spacial score (nSPS) is 23.0. The maximum atomic E-state index is 12.1. The van der Waals surface area contributed by atoms with Crippen molar-refractivity contribution >= 4 is 29.1 Å². The quantitative estimate of drug-likeness (QED) is 0.649. The Morgan fingerprint density at radius 1 is 1.15 bits per heavy atom. The van der Waals surface area contributed by atoms with Crippen molar-refractivity contribution < 1.29 is 4.79 Å². The third-order valence-electron chi connectivity index (χ3n) is 5.96. The molecule has 4 rings (SSSR count). The number of nitrogens with zero attached hydrogens (tertiary/aromatic N) is 2. The molecular weight excluding hydrogens is 379 g/mol. The van der Waals surface area contributed by atoms with Gasteiger partial charge in [0.25, 0.3) is 0 Å². The van der Waals surface area contributed by atoms with Gasteiger partial charge in [0, 0.05) is 47.6 Å². The zero-order valence-corrected chi connectivity index (χ0v) is 16.8. The van der Waals surface area contributed by atoms with Crippen molar-refractivity contribution in [1.82, 2.24) is 9.88 Å². The second-order valence-electron chi connectivity index (χ2n) is 7.71. The molecule has 2 atom stereocenters. The molecule has 5 heteroatoms. The molecule has 1 saturated carbocycles. The Morgan fingerprint density at radius 3 is 2.78 bits per heavy atom. The fourth-order valence-corrected chi connectivity index (χ4v) is 5.24. The Morgan fingerprint density at radius 2 is 2.04 bits per heavy atom. The lowest BCUT2D eigenvalue weighted by Gasteiger charge is -2.35. The highest BCUT2D eigenvalue weighted by molar-refractivity contribution is 6.37. The highest BCUT2D eigenvalue weighted by atomic mass is 35.5. The molecule has 3 nitrogen and oxygen atoms in total. The Balaban J connectivity index is 1.54. The number of halogens is 2. The van der Waals surface area contributed by atoms with E-state index in [1.54, 1.807) is 6.20 Å². The number of hydrogen-bond acceptors (Lipinski definition) is 2. The van der Waals surface area contributed by atoms with Crippen molar-refractivity contribution in [1.29, 1.82) is 0 Å². The Labute approximate surface area is 170 Å². The molecule has 0 radical (unpaired) electrons. The van der Waals surface area contributed by atoms with Crippen molar-refractivity contribution in [3.63, 3.8) is 0 Å². The first-order valence-corrected chi connectivity index (χ1v) is 10.6. The molecule has 0 bridgehead atoms. The Hall–Kier alpha value is -1.58. The van der Waals surface area contributed by atoms with Crippen molar-refractivity contribution in [2.75, 3.05) is 6.54 Å². The molecule has 27 heavy (non-hydrogen) atoms. The molecule has 1 aliphatic heterocycles. The summed E-state index contributed by atoms with van der Waals surface area (Å²) in [5, 5.41) is 1.46. The van der Waals surface area contributed by atoms with Crippen LogP contribution in [0.2, 0.25) is 10.0 Å². The summed E-state index contributed by atoms with van der Waals surface area (Å²) in [7, 11) is 0. The lowest BCUT2D eigenvalue weighted by molar-refractivity contribution is -0.130. The van der Waals surface area contributed by atoms with Gasteiger partial charge in [-0.3, -0.25) is 9.78 Å². The van der Waals surface area contributed by atoms with Crippen LogP contribution in [0.15, 0.2) is 36.7 Å². The topological polar surface area (TPSA) is 33.2 Å². The van der Waals surface area contributed by atoms with E-state index in [0.29, 0.717) is 24.3 Å². The van der Waals surface area contributed by atoms with Crippen LogP contribution in [0.4, 0.5) is 0 Å². The summed E-state index contributed by atoms with van der Waals surface area (Å²) in [4.78, 5) is 18.4. The van der Waals surface area contributed by atoms with Crippen LogP contribution in [0.3, 0.4) is 0 Å². The maximum Gasteiger partial charge on any atom is 0.222 e. The maximum absolute atomic E-state index is 12.1. The second-order valence-corrected chi connectivity index (χ2v) is 8.50. The first-order valence-electron chi connectivity index (χ1n) is 9.80. The summed E-state index contributed by atoms with van der Waals surface area (Å²) in [5.41, 5.74) is 3.01. The number of likely N-dealkylation sites (tertiary alicyclic amines) is 1. The Kier molecular flexibility index (Phi) is 5.70. The van der Waals surface area contributed by atoms with Gasteiger partial charge in [-0.05, 0) is 55.7 Å². The van der Waals surface area contributed by atoms with Gasteiger partial charge in [-0.25, -0.2) is 0 Å². The van der Waals surface area contributed by atoms with Crippen LogP contribution >= 0.6 is 23.2 Å². The van der Waals surface area contributed by atoms with Crippen LogP contribution < -0.4 is 0 Å². The number of aromatic nitrogens is 1. The first-order chi connectivity index (χ1) is 13.1. The zero-order chi connectivity index (χ0) is 18.8.